The highest BCUT2D eigenvalue weighted by Gasteiger charge is 2.20. The Morgan fingerprint density at radius 2 is 2.04 bits per heavy atom. The number of hydrogen-bond acceptors (Lipinski definition) is 6. The van der Waals surface area contributed by atoms with Crippen molar-refractivity contribution in [2.75, 3.05) is 18.7 Å². The van der Waals surface area contributed by atoms with Gasteiger partial charge in [0.2, 0.25) is 0 Å². The number of anilines is 1. The van der Waals surface area contributed by atoms with E-state index in [2.05, 4.69) is 10.3 Å². The van der Waals surface area contributed by atoms with E-state index >= 15 is 0 Å². The molecule has 2 aromatic heterocycles. The number of nitrogens with one attached hydrogen (secondary N) is 1. The Hall–Kier alpha value is -2.54. The highest BCUT2D eigenvalue weighted by Crippen LogP contribution is 2.33. The van der Waals surface area contributed by atoms with Crippen molar-refractivity contribution in [1.29, 1.82) is 0 Å². The van der Waals surface area contributed by atoms with Crippen LogP contribution in [-0.4, -0.2) is 26.8 Å². The van der Waals surface area contributed by atoms with Gasteiger partial charge in [-0.15, -0.1) is 0 Å². The Bertz CT molecular complexity index is 1020. The summed E-state index contributed by atoms with van der Waals surface area (Å²) in [5.74, 6) is 1.80. The SMILES string of the molecule is COc1ccc2oc(C(C)Nc3ncccc3S(C)(=O)=O)c(C)c2c1. The first-order valence-electron chi connectivity index (χ1n) is 7.80. The average molecular weight is 360 g/mol. The quantitative estimate of drug-likeness (QED) is 0.747. The van der Waals surface area contributed by atoms with Gasteiger partial charge in [0.25, 0.3) is 0 Å². The number of aryl methyl sites for hydroxylation is 1. The summed E-state index contributed by atoms with van der Waals surface area (Å²) in [7, 11) is -1.76. The highest BCUT2D eigenvalue weighted by atomic mass is 32.2. The Kier molecular flexibility index (Phi) is 4.43. The molecule has 1 N–H and O–H groups in total. The van der Waals surface area contributed by atoms with E-state index in [0.29, 0.717) is 5.82 Å². The summed E-state index contributed by atoms with van der Waals surface area (Å²) >= 11 is 0. The van der Waals surface area contributed by atoms with E-state index in [1.165, 1.54) is 12.3 Å². The third kappa shape index (κ3) is 3.32. The van der Waals surface area contributed by atoms with Crippen LogP contribution in [0.4, 0.5) is 5.82 Å². The van der Waals surface area contributed by atoms with Crippen LogP contribution in [0.25, 0.3) is 11.0 Å². The molecule has 0 aliphatic carbocycles. The van der Waals surface area contributed by atoms with Gasteiger partial charge in [-0.25, -0.2) is 13.4 Å². The van der Waals surface area contributed by atoms with E-state index in [0.717, 1.165) is 28.0 Å². The van der Waals surface area contributed by atoms with Crippen LogP contribution in [-0.2, 0) is 9.84 Å². The van der Waals surface area contributed by atoms with E-state index in [1.54, 1.807) is 19.4 Å². The fraction of sp³-hybridized carbons (Fsp3) is 0.278. The van der Waals surface area contributed by atoms with E-state index in [4.69, 9.17) is 9.15 Å². The number of pyridine rings is 1. The first-order valence-corrected chi connectivity index (χ1v) is 9.69. The second-order valence-corrected chi connectivity index (χ2v) is 7.93. The first-order chi connectivity index (χ1) is 11.8. The minimum Gasteiger partial charge on any atom is -0.497 e. The lowest BCUT2D eigenvalue weighted by Crippen LogP contribution is -2.12. The lowest BCUT2D eigenvalue weighted by Gasteiger charge is -2.15. The van der Waals surface area contributed by atoms with Crippen molar-refractivity contribution >= 4 is 26.6 Å². The van der Waals surface area contributed by atoms with Crippen LogP contribution >= 0.6 is 0 Å². The molecule has 0 saturated carbocycles. The summed E-state index contributed by atoms with van der Waals surface area (Å²) < 4.78 is 35.1. The van der Waals surface area contributed by atoms with Gasteiger partial charge >= 0.3 is 0 Å². The molecule has 0 bridgehead atoms. The van der Waals surface area contributed by atoms with Crippen molar-refractivity contribution < 1.29 is 17.6 Å². The lowest BCUT2D eigenvalue weighted by molar-refractivity contribution is 0.415. The van der Waals surface area contributed by atoms with Crippen molar-refractivity contribution in [2.24, 2.45) is 0 Å². The van der Waals surface area contributed by atoms with Crippen LogP contribution < -0.4 is 10.1 Å². The molecular formula is C18H20N2O4S. The van der Waals surface area contributed by atoms with Gasteiger partial charge in [-0.3, -0.25) is 0 Å². The fourth-order valence-corrected chi connectivity index (χ4v) is 3.62. The molecule has 7 heteroatoms. The van der Waals surface area contributed by atoms with Crippen molar-refractivity contribution in [1.82, 2.24) is 4.98 Å². The normalized spacial score (nSPS) is 13.0. The Balaban J connectivity index is 1.99. The monoisotopic (exact) mass is 360 g/mol. The van der Waals surface area contributed by atoms with Gasteiger partial charge in [-0.2, -0.15) is 0 Å². The van der Waals surface area contributed by atoms with Gasteiger partial charge < -0.3 is 14.5 Å². The van der Waals surface area contributed by atoms with Crippen molar-refractivity contribution in [3.05, 3.63) is 47.9 Å². The number of aromatic nitrogens is 1. The number of nitrogens with zero attached hydrogens (tertiary/aromatic N) is 1. The zero-order valence-corrected chi connectivity index (χ0v) is 15.3. The number of fused-ring (bicyclic) bond motifs is 1. The van der Waals surface area contributed by atoms with Gasteiger partial charge in [-0.1, -0.05) is 0 Å². The van der Waals surface area contributed by atoms with Crippen LogP contribution in [0.1, 0.15) is 24.3 Å². The molecule has 3 aromatic rings. The van der Waals surface area contributed by atoms with Gasteiger partial charge in [0, 0.05) is 23.4 Å². The summed E-state index contributed by atoms with van der Waals surface area (Å²) in [5.41, 5.74) is 1.73. The van der Waals surface area contributed by atoms with E-state index in [9.17, 15) is 8.42 Å². The topological polar surface area (TPSA) is 81.4 Å². The number of furan rings is 1. The second-order valence-electron chi connectivity index (χ2n) is 5.94. The van der Waals surface area contributed by atoms with Crippen LogP contribution in [0.2, 0.25) is 0 Å². The maximum Gasteiger partial charge on any atom is 0.179 e. The summed E-state index contributed by atoms with van der Waals surface area (Å²) in [6, 6.07) is 8.51. The van der Waals surface area contributed by atoms with Crippen LogP contribution in [0.15, 0.2) is 45.8 Å². The number of benzene rings is 1. The third-order valence-electron chi connectivity index (χ3n) is 4.10. The Morgan fingerprint density at radius 3 is 2.72 bits per heavy atom. The minimum atomic E-state index is -3.38. The Morgan fingerprint density at radius 1 is 1.28 bits per heavy atom. The van der Waals surface area contributed by atoms with Crippen molar-refractivity contribution in [3.8, 4) is 5.75 Å². The van der Waals surface area contributed by atoms with Crippen molar-refractivity contribution in [2.45, 2.75) is 24.8 Å². The molecule has 132 valence electrons. The maximum absolute atomic E-state index is 11.9. The standard InChI is InChI=1S/C18H20N2O4S/c1-11-14-10-13(23-3)7-8-15(14)24-17(11)12(2)20-18-16(25(4,21)22)6-5-9-19-18/h5-10,12H,1-4H3,(H,19,20). The van der Waals surface area contributed by atoms with Crippen molar-refractivity contribution in [3.63, 3.8) is 0 Å². The zero-order valence-electron chi connectivity index (χ0n) is 14.5. The molecule has 1 aromatic carbocycles. The molecule has 0 radical (unpaired) electrons. The summed E-state index contributed by atoms with van der Waals surface area (Å²) in [6.45, 7) is 3.87. The van der Waals surface area contributed by atoms with E-state index < -0.39 is 9.84 Å². The molecule has 0 saturated heterocycles. The molecule has 0 fully saturated rings. The maximum atomic E-state index is 11.9. The second kappa shape index (κ2) is 6.40. The third-order valence-corrected chi connectivity index (χ3v) is 5.23. The summed E-state index contributed by atoms with van der Waals surface area (Å²) in [6.07, 6.45) is 2.72. The van der Waals surface area contributed by atoms with Gasteiger partial charge in [-0.05, 0) is 44.2 Å². The molecule has 3 rings (SSSR count). The number of ether oxygens (including phenoxy) is 1. The van der Waals surface area contributed by atoms with Gasteiger partial charge in [0.05, 0.1) is 13.2 Å². The summed E-state index contributed by atoms with van der Waals surface area (Å²) in [4.78, 5) is 4.33. The minimum absolute atomic E-state index is 0.164. The molecule has 0 spiro atoms. The number of rotatable bonds is 5. The van der Waals surface area contributed by atoms with Crippen LogP contribution in [0, 0.1) is 6.92 Å². The van der Waals surface area contributed by atoms with E-state index in [1.807, 2.05) is 32.0 Å². The Labute approximate surface area is 146 Å². The molecule has 0 aliphatic heterocycles. The van der Waals surface area contributed by atoms with Gasteiger partial charge in [0.15, 0.2) is 9.84 Å². The number of sulfone groups is 1. The fourth-order valence-electron chi connectivity index (χ4n) is 2.83. The molecule has 0 amide bonds. The summed E-state index contributed by atoms with van der Waals surface area (Å²) in [5, 5.41) is 4.11. The highest BCUT2D eigenvalue weighted by molar-refractivity contribution is 7.90. The van der Waals surface area contributed by atoms with Crippen LogP contribution in [0.3, 0.4) is 0 Å². The largest absolute Gasteiger partial charge is 0.497 e. The molecule has 6 nitrogen and oxygen atoms in total. The molecule has 1 unspecified atom stereocenters. The lowest BCUT2D eigenvalue weighted by atomic mass is 10.1. The van der Waals surface area contributed by atoms with E-state index in [-0.39, 0.29) is 10.9 Å². The zero-order chi connectivity index (χ0) is 18.2. The molecule has 25 heavy (non-hydrogen) atoms. The predicted molar refractivity (Wildman–Crippen MR) is 96.9 cm³/mol. The smallest absolute Gasteiger partial charge is 0.179 e. The van der Waals surface area contributed by atoms with Crippen LogP contribution in [0.5, 0.6) is 5.75 Å². The average Bonchev–Trinajstić information content (AvgIpc) is 2.91. The molecule has 1 atom stereocenters. The molecule has 0 aliphatic rings. The van der Waals surface area contributed by atoms with Gasteiger partial charge in [0.1, 0.15) is 27.8 Å². The predicted octanol–water partition coefficient (Wildman–Crippen LogP) is 3.72. The molecule has 2 heterocycles. The number of hydrogen-bond donors (Lipinski definition) is 1. The first kappa shape index (κ1) is 17.3. The number of methoxy groups -OCH3 is 1. The molecular weight excluding hydrogens is 340 g/mol.